The number of nitrogens with one attached hydrogen (secondary N) is 2. The fourth-order valence-corrected chi connectivity index (χ4v) is 5.62. The average Bonchev–Trinajstić information content (AvgIpc) is 3.19. The van der Waals surface area contributed by atoms with Crippen LogP contribution in [-0.4, -0.2) is 33.6 Å². The zero-order chi connectivity index (χ0) is 18.3. The van der Waals surface area contributed by atoms with Crippen LogP contribution in [0.1, 0.15) is 16.8 Å². The lowest BCUT2D eigenvalue weighted by atomic mass is 10.1. The van der Waals surface area contributed by atoms with Crippen molar-refractivity contribution in [2.75, 3.05) is 5.88 Å². The highest BCUT2D eigenvalue weighted by atomic mass is 32.2. The van der Waals surface area contributed by atoms with Crippen LogP contribution in [0.15, 0.2) is 39.8 Å². The van der Waals surface area contributed by atoms with Crippen molar-refractivity contribution in [3.8, 4) is 11.3 Å². The summed E-state index contributed by atoms with van der Waals surface area (Å²) in [5.41, 5.74) is 1.38. The van der Waals surface area contributed by atoms with E-state index in [0.717, 1.165) is 22.9 Å². The Bertz CT molecular complexity index is 1050. The molecule has 1 atom stereocenters. The lowest BCUT2D eigenvalue weighted by Gasteiger charge is -2.06. The average molecular weight is 389 g/mol. The van der Waals surface area contributed by atoms with Gasteiger partial charge in [-0.05, 0) is 30.5 Å². The molecule has 0 saturated heterocycles. The van der Waals surface area contributed by atoms with E-state index in [1.165, 1.54) is 23.7 Å². The van der Waals surface area contributed by atoms with E-state index in [1.54, 1.807) is 6.92 Å². The van der Waals surface area contributed by atoms with Gasteiger partial charge in [0.15, 0.2) is 17.5 Å². The van der Waals surface area contributed by atoms with Crippen LogP contribution in [-0.2, 0) is 0 Å². The molecule has 26 heavy (non-hydrogen) atoms. The minimum atomic E-state index is -0.931. The topological polar surface area (TPSA) is 73.5 Å². The number of hydrogen-bond acceptors (Lipinski definition) is 6. The Morgan fingerprint density at radius 1 is 1.31 bits per heavy atom. The van der Waals surface area contributed by atoms with E-state index in [1.807, 2.05) is 11.6 Å². The smallest absolute Gasteiger partial charge is 0.174 e. The first-order valence-electron chi connectivity index (χ1n) is 7.64. The monoisotopic (exact) mass is 389 g/mol. The molecule has 3 heterocycles. The molecule has 1 unspecified atom stereocenters. The van der Waals surface area contributed by atoms with E-state index in [4.69, 9.17) is 5.41 Å². The number of aromatic nitrogens is 1. The highest BCUT2D eigenvalue weighted by Gasteiger charge is 2.24. The Morgan fingerprint density at radius 2 is 2.12 bits per heavy atom. The summed E-state index contributed by atoms with van der Waals surface area (Å²) in [7, 11) is -0.267. The molecule has 0 spiro atoms. The first kappa shape index (κ1) is 16.9. The molecule has 0 radical (unpaired) electrons. The van der Waals surface area contributed by atoms with Gasteiger partial charge in [-0.25, -0.2) is 23.7 Å². The number of aliphatic imine (C=N–C) groups is 2. The van der Waals surface area contributed by atoms with E-state index in [-0.39, 0.29) is 10.5 Å². The van der Waals surface area contributed by atoms with Gasteiger partial charge in [0.25, 0.3) is 0 Å². The van der Waals surface area contributed by atoms with Crippen LogP contribution in [0.5, 0.6) is 0 Å². The normalized spacial score (nSPS) is 18.3. The van der Waals surface area contributed by atoms with Crippen LogP contribution >= 0.6 is 21.8 Å². The number of halogens is 2. The third-order valence-electron chi connectivity index (χ3n) is 3.77. The molecule has 4 rings (SSSR count). The maximum absolute atomic E-state index is 13.7. The molecule has 0 fully saturated rings. The molecule has 1 aromatic heterocycles. The van der Waals surface area contributed by atoms with Gasteiger partial charge in [0.2, 0.25) is 0 Å². The summed E-state index contributed by atoms with van der Waals surface area (Å²) in [6, 6.07) is 3.69. The maximum atomic E-state index is 13.7. The number of thiazole rings is 1. The molecule has 132 valence electrons. The predicted molar refractivity (Wildman–Crippen MR) is 105 cm³/mol. The van der Waals surface area contributed by atoms with Crippen molar-refractivity contribution in [1.29, 1.82) is 5.41 Å². The molecule has 0 amide bonds. The lowest BCUT2D eigenvalue weighted by molar-refractivity contribution is 0.509. The third-order valence-corrected chi connectivity index (χ3v) is 6.93. The second-order valence-corrected chi connectivity index (χ2v) is 8.38. The van der Waals surface area contributed by atoms with Gasteiger partial charge in [-0.15, -0.1) is 21.8 Å². The standard InChI is InChI=1S/C17H13F2N5S2/c1-9(20)15(26-5-4-21-8-26)17-24-13(14(25-17)16-22-7-23-16)10-2-3-11(18)12(19)6-10/h2-7,20-21H,8H2,1H3. The SMILES string of the molecule is CC(=N)/C(c1nc(-c2ccc(F)c(F)c2)c(C2=NC=N2)s1)=S1/C=CNC1. The van der Waals surface area contributed by atoms with Gasteiger partial charge in [-0.3, -0.25) is 0 Å². The van der Waals surface area contributed by atoms with Crippen LogP contribution in [0.4, 0.5) is 8.78 Å². The minimum absolute atomic E-state index is 0.267. The Kier molecular flexibility index (Phi) is 4.33. The van der Waals surface area contributed by atoms with Crippen LogP contribution in [0.2, 0.25) is 0 Å². The van der Waals surface area contributed by atoms with Crippen molar-refractivity contribution >= 4 is 44.6 Å². The fraction of sp³-hybridized carbons (Fsp3) is 0.118. The van der Waals surface area contributed by atoms with Crippen molar-refractivity contribution in [3.63, 3.8) is 0 Å². The third kappa shape index (κ3) is 2.93. The van der Waals surface area contributed by atoms with Gasteiger partial charge in [-0.2, -0.15) is 0 Å². The van der Waals surface area contributed by atoms with Gasteiger partial charge in [0, 0.05) is 17.5 Å². The highest BCUT2D eigenvalue weighted by Crippen LogP contribution is 2.34. The van der Waals surface area contributed by atoms with E-state index < -0.39 is 11.6 Å². The maximum Gasteiger partial charge on any atom is 0.174 e. The molecule has 2 aromatic rings. The molecule has 1 aromatic carbocycles. The molecule has 0 saturated carbocycles. The Morgan fingerprint density at radius 3 is 2.69 bits per heavy atom. The Balaban J connectivity index is 1.89. The summed E-state index contributed by atoms with van der Waals surface area (Å²) in [6.45, 7) is 1.73. The zero-order valence-corrected chi connectivity index (χ0v) is 15.2. The molecule has 2 aliphatic heterocycles. The molecule has 9 heteroatoms. The largest absolute Gasteiger partial charge is 0.382 e. The quantitative estimate of drug-likeness (QED) is 0.475. The fourth-order valence-electron chi connectivity index (χ4n) is 2.57. The Hall–Kier alpha value is -2.52. The zero-order valence-electron chi connectivity index (χ0n) is 13.6. The van der Waals surface area contributed by atoms with Crippen molar-refractivity contribution in [3.05, 3.63) is 51.3 Å². The van der Waals surface area contributed by atoms with Gasteiger partial charge in [0.05, 0.1) is 16.4 Å². The van der Waals surface area contributed by atoms with E-state index in [9.17, 15) is 8.78 Å². The summed E-state index contributed by atoms with van der Waals surface area (Å²) in [5.74, 6) is -0.603. The van der Waals surface area contributed by atoms with Crippen molar-refractivity contribution in [1.82, 2.24) is 10.3 Å². The van der Waals surface area contributed by atoms with Crippen LogP contribution in [0.25, 0.3) is 11.3 Å². The summed E-state index contributed by atoms with van der Waals surface area (Å²) >= 11 is 1.37. The van der Waals surface area contributed by atoms with Gasteiger partial charge in [-0.1, -0.05) is 0 Å². The molecule has 0 bridgehead atoms. The Labute approximate surface area is 154 Å². The van der Waals surface area contributed by atoms with Gasteiger partial charge < -0.3 is 10.7 Å². The molecule has 2 N–H and O–H groups in total. The van der Waals surface area contributed by atoms with Crippen LogP contribution in [0, 0.1) is 17.0 Å². The van der Waals surface area contributed by atoms with E-state index in [2.05, 4.69) is 20.3 Å². The molecule has 0 aliphatic carbocycles. The summed E-state index contributed by atoms with van der Waals surface area (Å²) < 4.78 is 27.0. The van der Waals surface area contributed by atoms with E-state index >= 15 is 0 Å². The van der Waals surface area contributed by atoms with Gasteiger partial charge in [0.1, 0.15) is 16.2 Å². The van der Waals surface area contributed by atoms with Gasteiger partial charge >= 0.3 is 0 Å². The van der Waals surface area contributed by atoms with Crippen LogP contribution < -0.4 is 5.32 Å². The second-order valence-electron chi connectivity index (χ2n) is 5.56. The second kappa shape index (κ2) is 6.65. The number of benzene rings is 1. The van der Waals surface area contributed by atoms with Crippen molar-refractivity contribution in [2.45, 2.75) is 6.92 Å². The highest BCUT2D eigenvalue weighted by molar-refractivity contribution is 8.20. The first-order valence-corrected chi connectivity index (χ1v) is 9.91. The molecular weight excluding hydrogens is 376 g/mol. The molecular formula is C17H13F2N5S2. The summed E-state index contributed by atoms with van der Waals surface area (Å²) in [5, 5.41) is 14.0. The van der Waals surface area contributed by atoms with Crippen molar-refractivity contribution < 1.29 is 8.78 Å². The summed E-state index contributed by atoms with van der Waals surface area (Å²) in [6.07, 6.45) is 3.30. The number of amidine groups is 1. The molecule has 5 nitrogen and oxygen atoms in total. The van der Waals surface area contributed by atoms with E-state index in [0.29, 0.717) is 32.7 Å². The number of rotatable bonds is 4. The molecule has 2 aliphatic rings. The van der Waals surface area contributed by atoms with Crippen molar-refractivity contribution in [2.24, 2.45) is 9.98 Å². The first-order chi connectivity index (χ1) is 12.5. The number of nitrogens with zero attached hydrogens (tertiary/aromatic N) is 3. The number of hydrogen-bond donors (Lipinski definition) is 2. The summed E-state index contributed by atoms with van der Waals surface area (Å²) in [4.78, 5) is 14.4. The minimum Gasteiger partial charge on any atom is -0.382 e. The lowest BCUT2D eigenvalue weighted by Crippen LogP contribution is -2.12. The predicted octanol–water partition coefficient (Wildman–Crippen LogP) is 3.74. The van der Waals surface area contributed by atoms with Crippen LogP contribution in [0.3, 0.4) is 0 Å².